The Kier molecular flexibility index (Phi) is 3.65. The molecular formula is C14H19N3O. The number of rotatable bonds is 4. The largest absolute Gasteiger partial charge is 0.399 e. The molecule has 96 valence electrons. The van der Waals surface area contributed by atoms with Crippen LogP contribution in [0.25, 0.3) is 11.5 Å². The third-order valence-corrected chi connectivity index (χ3v) is 2.91. The first kappa shape index (κ1) is 12.6. The molecule has 1 aromatic heterocycles. The first-order chi connectivity index (χ1) is 8.56. The smallest absolute Gasteiger partial charge is 0.258 e. The van der Waals surface area contributed by atoms with Crippen LogP contribution in [0.1, 0.15) is 31.7 Å². The van der Waals surface area contributed by atoms with E-state index in [9.17, 15) is 0 Å². The van der Waals surface area contributed by atoms with Gasteiger partial charge in [-0.3, -0.25) is 0 Å². The van der Waals surface area contributed by atoms with Gasteiger partial charge in [0.15, 0.2) is 5.82 Å². The number of anilines is 1. The van der Waals surface area contributed by atoms with Crippen molar-refractivity contribution in [3.8, 4) is 11.5 Å². The van der Waals surface area contributed by atoms with E-state index < -0.39 is 0 Å². The molecule has 0 saturated carbocycles. The van der Waals surface area contributed by atoms with Gasteiger partial charge in [0.05, 0.1) is 0 Å². The third kappa shape index (κ3) is 2.88. The molecule has 0 aliphatic heterocycles. The second-order valence-corrected chi connectivity index (χ2v) is 5.02. The maximum absolute atomic E-state index is 5.78. The van der Waals surface area contributed by atoms with Gasteiger partial charge in [-0.2, -0.15) is 4.98 Å². The van der Waals surface area contributed by atoms with E-state index in [1.807, 2.05) is 25.1 Å². The Balaban J connectivity index is 2.21. The average molecular weight is 245 g/mol. The SMILES string of the molecule is Cc1ccc(N)cc1-c1nc(CCC(C)C)no1. The van der Waals surface area contributed by atoms with Crippen molar-refractivity contribution >= 4 is 5.69 Å². The monoisotopic (exact) mass is 245 g/mol. The Morgan fingerprint density at radius 1 is 1.33 bits per heavy atom. The summed E-state index contributed by atoms with van der Waals surface area (Å²) in [4.78, 5) is 4.42. The second-order valence-electron chi connectivity index (χ2n) is 5.02. The Hall–Kier alpha value is -1.84. The molecule has 4 heteroatoms. The molecule has 0 spiro atoms. The highest BCUT2D eigenvalue weighted by Crippen LogP contribution is 2.24. The van der Waals surface area contributed by atoms with Crippen molar-refractivity contribution in [1.82, 2.24) is 10.1 Å². The van der Waals surface area contributed by atoms with Crippen LogP contribution in [0.4, 0.5) is 5.69 Å². The number of hydrogen-bond donors (Lipinski definition) is 1. The van der Waals surface area contributed by atoms with Crippen LogP contribution in [0.2, 0.25) is 0 Å². The summed E-state index contributed by atoms with van der Waals surface area (Å²) in [5, 5.41) is 4.01. The second kappa shape index (κ2) is 5.21. The van der Waals surface area contributed by atoms with Crippen LogP contribution in [-0.4, -0.2) is 10.1 Å². The Morgan fingerprint density at radius 3 is 2.83 bits per heavy atom. The van der Waals surface area contributed by atoms with Gasteiger partial charge in [0.1, 0.15) is 0 Å². The first-order valence-electron chi connectivity index (χ1n) is 6.25. The summed E-state index contributed by atoms with van der Waals surface area (Å²) in [6, 6.07) is 5.70. The zero-order valence-corrected chi connectivity index (χ0v) is 11.1. The molecule has 2 aromatic rings. The molecule has 0 unspecified atom stereocenters. The summed E-state index contributed by atoms with van der Waals surface area (Å²) in [5.74, 6) is 1.96. The zero-order chi connectivity index (χ0) is 13.1. The van der Waals surface area contributed by atoms with E-state index in [1.165, 1.54) is 0 Å². The van der Waals surface area contributed by atoms with Crippen LogP contribution in [0.5, 0.6) is 0 Å². The van der Waals surface area contributed by atoms with Gasteiger partial charge in [-0.05, 0) is 37.0 Å². The number of nitrogens with zero attached hydrogens (tertiary/aromatic N) is 2. The van der Waals surface area contributed by atoms with Gasteiger partial charge in [-0.15, -0.1) is 0 Å². The molecule has 2 N–H and O–H groups in total. The lowest BCUT2D eigenvalue weighted by Crippen LogP contribution is -1.94. The lowest BCUT2D eigenvalue weighted by atomic mass is 10.1. The number of hydrogen-bond acceptors (Lipinski definition) is 4. The average Bonchev–Trinajstić information content (AvgIpc) is 2.78. The molecule has 4 nitrogen and oxygen atoms in total. The highest BCUT2D eigenvalue weighted by molar-refractivity contribution is 5.63. The minimum atomic E-state index is 0.554. The van der Waals surface area contributed by atoms with Crippen LogP contribution in [-0.2, 0) is 6.42 Å². The van der Waals surface area contributed by atoms with Crippen molar-refractivity contribution in [3.63, 3.8) is 0 Å². The lowest BCUT2D eigenvalue weighted by Gasteiger charge is -2.01. The van der Waals surface area contributed by atoms with Gasteiger partial charge in [0.25, 0.3) is 5.89 Å². The predicted octanol–water partition coefficient (Wildman–Crippen LogP) is 3.22. The van der Waals surface area contributed by atoms with Crippen LogP contribution < -0.4 is 5.73 Å². The Labute approximate surface area is 107 Å². The summed E-state index contributed by atoms with van der Waals surface area (Å²) in [7, 11) is 0. The molecule has 0 bridgehead atoms. The number of aryl methyl sites for hydroxylation is 2. The van der Waals surface area contributed by atoms with Crippen molar-refractivity contribution in [2.24, 2.45) is 5.92 Å². The quantitative estimate of drug-likeness (QED) is 0.840. The maximum Gasteiger partial charge on any atom is 0.258 e. The standard InChI is InChI=1S/C14H19N3O/c1-9(2)4-7-13-16-14(18-17-13)12-8-11(15)6-5-10(12)3/h5-6,8-9H,4,7,15H2,1-3H3. The molecule has 0 atom stereocenters. The molecule has 1 heterocycles. The van der Waals surface area contributed by atoms with Crippen molar-refractivity contribution in [1.29, 1.82) is 0 Å². The summed E-state index contributed by atoms with van der Waals surface area (Å²) in [6.07, 6.45) is 1.91. The molecule has 2 rings (SSSR count). The molecule has 0 saturated heterocycles. The minimum absolute atomic E-state index is 0.554. The molecule has 0 radical (unpaired) electrons. The summed E-state index contributed by atoms with van der Waals surface area (Å²) >= 11 is 0. The van der Waals surface area contributed by atoms with Crippen LogP contribution in [0, 0.1) is 12.8 Å². The van der Waals surface area contributed by atoms with E-state index in [0.717, 1.165) is 29.8 Å². The summed E-state index contributed by atoms with van der Waals surface area (Å²) in [6.45, 7) is 6.37. The van der Waals surface area contributed by atoms with Crippen molar-refractivity contribution in [2.45, 2.75) is 33.6 Å². The highest BCUT2D eigenvalue weighted by atomic mass is 16.5. The fourth-order valence-corrected chi connectivity index (χ4v) is 1.75. The van der Waals surface area contributed by atoms with E-state index in [2.05, 4.69) is 24.0 Å². The molecule has 0 fully saturated rings. The molecule has 1 aromatic carbocycles. The topological polar surface area (TPSA) is 64.9 Å². The molecule has 0 aliphatic rings. The Morgan fingerprint density at radius 2 is 2.11 bits per heavy atom. The van der Waals surface area contributed by atoms with Gasteiger partial charge >= 0.3 is 0 Å². The van der Waals surface area contributed by atoms with Gasteiger partial charge in [-0.25, -0.2) is 0 Å². The molecule has 18 heavy (non-hydrogen) atoms. The van der Waals surface area contributed by atoms with E-state index in [-0.39, 0.29) is 0 Å². The van der Waals surface area contributed by atoms with Gasteiger partial charge in [-0.1, -0.05) is 25.1 Å². The van der Waals surface area contributed by atoms with Gasteiger partial charge in [0.2, 0.25) is 0 Å². The zero-order valence-electron chi connectivity index (χ0n) is 11.1. The number of benzene rings is 1. The van der Waals surface area contributed by atoms with Crippen molar-refractivity contribution in [3.05, 3.63) is 29.6 Å². The molecular weight excluding hydrogens is 226 g/mol. The van der Waals surface area contributed by atoms with Crippen LogP contribution in [0.3, 0.4) is 0 Å². The third-order valence-electron chi connectivity index (χ3n) is 2.91. The molecule has 0 aliphatic carbocycles. The fraction of sp³-hybridized carbons (Fsp3) is 0.429. The number of nitrogen functional groups attached to an aromatic ring is 1. The normalized spacial score (nSPS) is 11.1. The van der Waals surface area contributed by atoms with E-state index in [0.29, 0.717) is 17.5 Å². The van der Waals surface area contributed by atoms with E-state index in [4.69, 9.17) is 10.3 Å². The molecule has 0 amide bonds. The predicted molar refractivity (Wildman–Crippen MR) is 72.0 cm³/mol. The fourth-order valence-electron chi connectivity index (χ4n) is 1.75. The number of nitrogens with two attached hydrogens (primary N) is 1. The lowest BCUT2D eigenvalue weighted by molar-refractivity contribution is 0.419. The van der Waals surface area contributed by atoms with E-state index in [1.54, 1.807) is 0 Å². The minimum Gasteiger partial charge on any atom is -0.399 e. The summed E-state index contributed by atoms with van der Waals surface area (Å²) < 4.78 is 5.30. The Bertz CT molecular complexity index is 532. The van der Waals surface area contributed by atoms with E-state index >= 15 is 0 Å². The van der Waals surface area contributed by atoms with Crippen molar-refractivity contribution in [2.75, 3.05) is 5.73 Å². The van der Waals surface area contributed by atoms with Crippen LogP contribution >= 0.6 is 0 Å². The maximum atomic E-state index is 5.78. The van der Waals surface area contributed by atoms with Gasteiger partial charge < -0.3 is 10.3 Å². The van der Waals surface area contributed by atoms with Gasteiger partial charge in [0, 0.05) is 17.7 Å². The van der Waals surface area contributed by atoms with Crippen molar-refractivity contribution < 1.29 is 4.52 Å². The summed E-state index contributed by atoms with van der Waals surface area (Å²) in [5.41, 5.74) is 8.49. The highest BCUT2D eigenvalue weighted by Gasteiger charge is 2.11. The number of aromatic nitrogens is 2. The van der Waals surface area contributed by atoms with Crippen LogP contribution in [0.15, 0.2) is 22.7 Å². The first-order valence-corrected chi connectivity index (χ1v) is 6.25.